The summed E-state index contributed by atoms with van der Waals surface area (Å²) < 4.78 is 7.36. The molecule has 0 saturated heterocycles. The summed E-state index contributed by atoms with van der Waals surface area (Å²) in [6.45, 7) is 5.15. The van der Waals surface area contributed by atoms with Crippen molar-refractivity contribution >= 4 is 5.95 Å². The number of nitrogens with zero attached hydrogens (tertiary/aromatic N) is 2. The summed E-state index contributed by atoms with van der Waals surface area (Å²) in [5, 5.41) is 3.60. The summed E-state index contributed by atoms with van der Waals surface area (Å²) in [6, 6.07) is 0.315. The van der Waals surface area contributed by atoms with Crippen molar-refractivity contribution in [3.8, 4) is 0 Å². The Morgan fingerprint density at radius 3 is 2.88 bits per heavy atom. The average Bonchev–Trinajstić information content (AvgIpc) is 2.88. The predicted octanol–water partition coefficient (Wildman–Crippen LogP) is 2.84. The van der Waals surface area contributed by atoms with E-state index in [4.69, 9.17) is 4.74 Å². The molecule has 1 saturated carbocycles. The van der Waals surface area contributed by atoms with E-state index in [1.165, 1.54) is 25.7 Å². The van der Waals surface area contributed by atoms with Gasteiger partial charge in [-0.3, -0.25) is 0 Å². The number of anilines is 1. The van der Waals surface area contributed by atoms with Crippen LogP contribution in [0.25, 0.3) is 0 Å². The molecule has 4 nitrogen and oxygen atoms in total. The Bertz CT molecular complexity index is 355. The van der Waals surface area contributed by atoms with Crippen molar-refractivity contribution in [3.05, 3.63) is 12.4 Å². The van der Waals surface area contributed by atoms with Gasteiger partial charge in [0.25, 0.3) is 0 Å². The van der Waals surface area contributed by atoms with Gasteiger partial charge in [0.1, 0.15) is 0 Å². The average molecular weight is 237 g/mol. The molecular formula is C13H23N3O. The zero-order chi connectivity index (χ0) is 12.3. The lowest BCUT2D eigenvalue weighted by molar-refractivity contribution is 0.163. The predicted molar refractivity (Wildman–Crippen MR) is 69.3 cm³/mol. The maximum Gasteiger partial charge on any atom is 0.203 e. The van der Waals surface area contributed by atoms with Gasteiger partial charge in [0.05, 0.1) is 12.6 Å². The number of nitrogens with one attached hydrogen (secondary N) is 1. The number of hydrogen-bond donors (Lipinski definition) is 1. The van der Waals surface area contributed by atoms with Crippen LogP contribution in [0, 0.1) is 0 Å². The first-order chi connectivity index (χ1) is 8.14. The van der Waals surface area contributed by atoms with Crippen LogP contribution in [0.5, 0.6) is 0 Å². The summed E-state index contributed by atoms with van der Waals surface area (Å²) in [7, 11) is 1.73. The number of aromatic nitrogens is 2. The van der Waals surface area contributed by atoms with Gasteiger partial charge in [0.2, 0.25) is 5.95 Å². The van der Waals surface area contributed by atoms with Crippen molar-refractivity contribution in [1.29, 1.82) is 0 Å². The van der Waals surface area contributed by atoms with Crippen molar-refractivity contribution in [3.63, 3.8) is 0 Å². The molecule has 96 valence electrons. The molecule has 0 spiro atoms. The molecule has 0 aliphatic heterocycles. The van der Waals surface area contributed by atoms with Gasteiger partial charge in [-0.25, -0.2) is 4.98 Å². The molecule has 4 heteroatoms. The topological polar surface area (TPSA) is 39.1 Å². The van der Waals surface area contributed by atoms with E-state index in [1.54, 1.807) is 7.11 Å². The van der Waals surface area contributed by atoms with Crippen LogP contribution in [0.4, 0.5) is 5.95 Å². The zero-order valence-electron chi connectivity index (χ0n) is 11.1. The SMILES string of the molecule is COCC(C)n1ccnc1NC1(C)CCCC1. The van der Waals surface area contributed by atoms with E-state index in [0.717, 1.165) is 5.95 Å². The summed E-state index contributed by atoms with van der Waals surface area (Å²) in [5.41, 5.74) is 0.218. The molecule has 17 heavy (non-hydrogen) atoms. The third-order valence-corrected chi connectivity index (χ3v) is 3.67. The second-order valence-electron chi connectivity index (χ2n) is 5.36. The normalized spacial score (nSPS) is 20.4. The second-order valence-corrected chi connectivity index (χ2v) is 5.36. The largest absolute Gasteiger partial charge is 0.383 e. The Hall–Kier alpha value is -1.03. The first-order valence-corrected chi connectivity index (χ1v) is 6.44. The third kappa shape index (κ3) is 2.80. The fourth-order valence-electron chi connectivity index (χ4n) is 2.64. The summed E-state index contributed by atoms with van der Waals surface area (Å²) in [4.78, 5) is 4.42. The zero-order valence-corrected chi connectivity index (χ0v) is 11.1. The lowest BCUT2D eigenvalue weighted by Crippen LogP contribution is -2.32. The maximum atomic E-state index is 5.20. The highest BCUT2D eigenvalue weighted by Gasteiger charge is 2.29. The molecule has 1 fully saturated rings. The minimum absolute atomic E-state index is 0.218. The van der Waals surface area contributed by atoms with E-state index in [-0.39, 0.29) is 5.54 Å². The highest BCUT2D eigenvalue weighted by Crippen LogP contribution is 2.32. The van der Waals surface area contributed by atoms with Crippen LogP contribution in [0.2, 0.25) is 0 Å². The van der Waals surface area contributed by atoms with Crippen molar-refractivity contribution in [2.75, 3.05) is 19.0 Å². The van der Waals surface area contributed by atoms with Crippen LogP contribution >= 0.6 is 0 Å². The Labute approximate surface area is 103 Å². The maximum absolute atomic E-state index is 5.20. The van der Waals surface area contributed by atoms with Gasteiger partial charge in [-0.2, -0.15) is 0 Å². The molecule has 1 aliphatic carbocycles. The van der Waals surface area contributed by atoms with E-state index >= 15 is 0 Å². The molecule has 0 bridgehead atoms. The van der Waals surface area contributed by atoms with Crippen LogP contribution in [0.15, 0.2) is 12.4 Å². The summed E-state index contributed by atoms with van der Waals surface area (Å²) in [6.07, 6.45) is 8.98. The monoisotopic (exact) mass is 237 g/mol. The minimum atomic E-state index is 0.218. The number of methoxy groups -OCH3 is 1. The highest BCUT2D eigenvalue weighted by molar-refractivity contribution is 5.31. The van der Waals surface area contributed by atoms with Gasteiger partial charge in [-0.15, -0.1) is 0 Å². The highest BCUT2D eigenvalue weighted by atomic mass is 16.5. The second kappa shape index (κ2) is 5.08. The van der Waals surface area contributed by atoms with Crippen molar-refractivity contribution < 1.29 is 4.74 Å². The fraction of sp³-hybridized carbons (Fsp3) is 0.769. The van der Waals surface area contributed by atoms with E-state index < -0.39 is 0 Å². The van der Waals surface area contributed by atoms with E-state index in [9.17, 15) is 0 Å². The molecule has 1 heterocycles. The van der Waals surface area contributed by atoms with E-state index in [1.807, 2.05) is 12.4 Å². The first-order valence-electron chi connectivity index (χ1n) is 6.44. The standard InChI is InChI=1S/C13H23N3O/c1-11(10-17-3)16-9-8-14-12(16)15-13(2)6-4-5-7-13/h8-9,11H,4-7,10H2,1-3H3,(H,14,15). The van der Waals surface area contributed by atoms with E-state index in [0.29, 0.717) is 12.6 Å². The van der Waals surface area contributed by atoms with Crippen LogP contribution in [0.3, 0.4) is 0 Å². The molecular weight excluding hydrogens is 214 g/mol. The lowest BCUT2D eigenvalue weighted by atomic mass is 10.0. The fourth-order valence-corrected chi connectivity index (χ4v) is 2.64. The van der Waals surface area contributed by atoms with Gasteiger partial charge >= 0.3 is 0 Å². The molecule has 1 unspecified atom stereocenters. The summed E-state index contributed by atoms with van der Waals surface area (Å²) >= 11 is 0. The van der Waals surface area contributed by atoms with Gasteiger partial charge in [0, 0.05) is 25.0 Å². The quantitative estimate of drug-likeness (QED) is 0.856. The van der Waals surface area contributed by atoms with Gasteiger partial charge in [-0.05, 0) is 26.7 Å². The van der Waals surface area contributed by atoms with Crippen LogP contribution in [-0.2, 0) is 4.74 Å². The molecule has 0 radical (unpaired) electrons. The first kappa shape index (κ1) is 12.4. The van der Waals surface area contributed by atoms with E-state index in [2.05, 4.69) is 28.7 Å². The van der Waals surface area contributed by atoms with Gasteiger partial charge in [-0.1, -0.05) is 12.8 Å². The number of ether oxygens (including phenoxy) is 1. The molecule has 1 aromatic rings. The molecule has 1 atom stereocenters. The molecule has 0 amide bonds. The van der Waals surface area contributed by atoms with Gasteiger partial charge in [0.15, 0.2) is 0 Å². The van der Waals surface area contributed by atoms with Crippen LogP contribution in [0.1, 0.15) is 45.6 Å². The number of imidazole rings is 1. The van der Waals surface area contributed by atoms with Crippen molar-refractivity contribution in [1.82, 2.24) is 9.55 Å². The smallest absolute Gasteiger partial charge is 0.203 e. The number of hydrogen-bond acceptors (Lipinski definition) is 3. The minimum Gasteiger partial charge on any atom is -0.383 e. The van der Waals surface area contributed by atoms with Gasteiger partial charge < -0.3 is 14.6 Å². The van der Waals surface area contributed by atoms with Crippen molar-refractivity contribution in [2.45, 2.75) is 51.1 Å². The van der Waals surface area contributed by atoms with Crippen molar-refractivity contribution in [2.24, 2.45) is 0 Å². The molecule has 2 rings (SSSR count). The Morgan fingerprint density at radius 2 is 2.24 bits per heavy atom. The Balaban J connectivity index is 2.08. The molecule has 1 aromatic heterocycles. The lowest BCUT2D eigenvalue weighted by Gasteiger charge is -2.27. The summed E-state index contributed by atoms with van der Waals surface area (Å²) in [5.74, 6) is 0.971. The Kier molecular flexibility index (Phi) is 3.72. The molecule has 0 aromatic carbocycles. The third-order valence-electron chi connectivity index (χ3n) is 3.67. The molecule has 1 aliphatic rings. The number of rotatable bonds is 5. The van der Waals surface area contributed by atoms with Crippen LogP contribution < -0.4 is 5.32 Å². The Morgan fingerprint density at radius 1 is 1.53 bits per heavy atom. The molecule has 1 N–H and O–H groups in total. The van der Waals surface area contributed by atoms with Crippen LogP contribution in [-0.4, -0.2) is 28.8 Å².